The van der Waals surface area contributed by atoms with Crippen molar-refractivity contribution in [2.45, 2.75) is 31.1 Å². The summed E-state index contributed by atoms with van der Waals surface area (Å²) in [6.07, 6.45) is 0.700. The molecule has 3 aromatic rings. The van der Waals surface area contributed by atoms with Crippen LogP contribution in [0.1, 0.15) is 19.4 Å². The lowest BCUT2D eigenvalue weighted by atomic mass is 10.2. The Balaban J connectivity index is 1.47. The van der Waals surface area contributed by atoms with Crippen LogP contribution in [-0.4, -0.2) is 22.5 Å². The third kappa shape index (κ3) is 7.35. The van der Waals surface area contributed by atoms with E-state index in [2.05, 4.69) is 4.98 Å². The molecule has 0 radical (unpaired) electrons. The van der Waals surface area contributed by atoms with Gasteiger partial charge in [0.05, 0.1) is 5.02 Å². The molecule has 31 heavy (non-hydrogen) atoms. The lowest BCUT2D eigenvalue weighted by Crippen LogP contribution is -2.28. The number of esters is 1. The third-order valence-corrected chi connectivity index (χ3v) is 5.61. The van der Waals surface area contributed by atoms with Crippen LogP contribution in [0.15, 0.2) is 66.9 Å². The minimum Gasteiger partial charge on any atom is -0.479 e. The summed E-state index contributed by atoms with van der Waals surface area (Å²) in [6, 6.07) is 18.3. The van der Waals surface area contributed by atoms with Gasteiger partial charge in [-0.3, -0.25) is 0 Å². The second kappa shape index (κ2) is 11.3. The van der Waals surface area contributed by atoms with Crippen molar-refractivity contribution in [3.63, 3.8) is 0 Å². The van der Waals surface area contributed by atoms with Gasteiger partial charge >= 0.3 is 5.97 Å². The van der Waals surface area contributed by atoms with Gasteiger partial charge in [-0.05, 0) is 49.7 Å². The molecule has 5 nitrogen and oxygen atoms in total. The maximum Gasteiger partial charge on any atom is 0.348 e. The molecule has 0 aliphatic rings. The van der Waals surface area contributed by atoms with Gasteiger partial charge in [-0.1, -0.05) is 53.5 Å². The van der Waals surface area contributed by atoms with Gasteiger partial charge in [0, 0.05) is 11.9 Å². The van der Waals surface area contributed by atoms with Gasteiger partial charge in [0.15, 0.2) is 6.10 Å². The van der Waals surface area contributed by atoms with Crippen molar-refractivity contribution < 1.29 is 19.0 Å². The van der Waals surface area contributed by atoms with E-state index in [9.17, 15) is 4.79 Å². The van der Waals surface area contributed by atoms with Crippen molar-refractivity contribution >= 4 is 40.9 Å². The summed E-state index contributed by atoms with van der Waals surface area (Å²) in [7, 11) is 0. The molecule has 1 aromatic heterocycles. The Morgan fingerprint density at radius 2 is 1.71 bits per heavy atom. The van der Waals surface area contributed by atoms with Crippen LogP contribution >= 0.6 is 35.0 Å². The molecule has 3 rings (SSSR count). The Morgan fingerprint density at radius 3 is 2.39 bits per heavy atom. The number of carbonyl (C=O) groups is 1. The second-order valence-corrected chi connectivity index (χ2v) is 8.70. The molecular formula is C23H21Cl2NO4S. The maximum absolute atomic E-state index is 12.3. The molecule has 0 saturated heterocycles. The number of thioether (sulfide) groups is 1. The SMILES string of the molecule is CC(OC(=O)C(C)Oc1ccc(Oc2ncc(Cl)cc2Cl)cc1)SCc1ccccc1. The second-order valence-electron chi connectivity index (χ2n) is 6.58. The highest BCUT2D eigenvalue weighted by atomic mass is 35.5. The first-order chi connectivity index (χ1) is 14.9. The number of aromatic nitrogens is 1. The highest BCUT2D eigenvalue weighted by Gasteiger charge is 2.19. The van der Waals surface area contributed by atoms with Crippen molar-refractivity contribution in [3.05, 3.63) is 82.5 Å². The fourth-order valence-electron chi connectivity index (χ4n) is 2.51. The molecule has 0 fully saturated rings. The van der Waals surface area contributed by atoms with E-state index in [1.165, 1.54) is 11.8 Å². The van der Waals surface area contributed by atoms with Crippen LogP contribution in [0, 0.1) is 0 Å². The minimum absolute atomic E-state index is 0.249. The number of ether oxygens (including phenoxy) is 3. The average molecular weight is 478 g/mol. The number of carbonyl (C=O) groups excluding carboxylic acids is 1. The summed E-state index contributed by atoms with van der Waals surface area (Å²) >= 11 is 13.4. The van der Waals surface area contributed by atoms with E-state index in [4.69, 9.17) is 37.4 Å². The standard InChI is InChI=1S/C23H21Cl2NO4S/c1-15(23(27)29-16(2)31-14-17-6-4-3-5-7-17)28-19-8-10-20(11-9-19)30-22-21(25)12-18(24)13-26-22/h3-13,15-16H,14H2,1-2H3. The van der Waals surface area contributed by atoms with Crippen molar-refractivity contribution in [3.8, 4) is 17.4 Å². The predicted octanol–water partition coefficient (Wildman–Crippen LogP) is 6.77. The number of benzene rings is 2. The summed E-state index contributed by atoms with van der Waals surface area (Å²) in [5, 5.41) is 0.734. The highest BCUT2D eigenvalue weighted by molar-refractivity contribution is 7.99. The summed E-state index contributed by atoms with van der Waals surface area (Å²) in [5.74, 6) is 1.62. The normalized spacial score (nSPS) is 12.6. The molecular weight excluding hydrogens is 457 g/mol. The monoisotopic (exact) mass is 477 g/mol. The molecule has 162 valence electrons. The Morgan fingerprint density at radius 1 is 1.03 bits per heavy atom. The first-order valence-corrected chi connectivity index (χ1v) is 11.3. The molecule has 0 amide bonds. The number of hydrogen-bond acceptors (Lipinski definition) is 6. The lowest BCUT2D eigenvalue weighted by molar-refractivity contribution is -0.152. The van der Waals surface area contributed by atoms with Gasteiger partial charge in [-0.25, -0.2) is 9.78 Å². The van der Waals surface area contributed by atoms with Gasteiger partial charge in [-0.2, -0.15) is 0 Å². The van der Waals surface area contributed by atoms with Crippen LogP contribution in [0.5, 0.6) is 17.4 Å². The van der Waals surface area contributed by atoms with Gasteiger partial charge in [0.1, 0.15) is 22.0 Å². The first-order valence-electron chi connectivity index (χ1n) is 9.52. The fraction of sp³-hybridized carbons (Fsp3) is 0.217. The predicted molar refractivity (Wildman–Crippen MR) is 124 cm³/mol. The number of pyridine rings is 1. The molecule has 0 aliphatic heterocycles. The van der Waals surface area contributed by atoms with Gasteiger partial charge in [0.25, 0.3) is 0 Å². The average Bonchev–Trinajstić information content (AvgIpc) is 2.76. The zero-order chi connectivity index (χ0) is 22.2. The maximum atomic E-state index is 12.3. The van der Waals surface area contributed by atoms with E-state index < -0.39 is 12.1 Å². The summed E-state index contributed by atoms with van der Waals surface area (Å²) in [6.45, 7) is 3.50. The molecule has 1 heterocycles. The van der Waals surface area contributed by atoms with Gasteiger partial charge in [-0.15, -0.1) is 11.8 Å². The Labute approximate surface area is 195 Å². The summed E-state index contributed by atoms with van der Waals surface area (Å²) in [4.78, 5) is 16.4. The Kier molecular flexibility index (Phi) is 8.46. The number of halogens is 2. The third-order valence-electron chi connectivity index (χ3n) is 4.07. The van der Waals surface area contributed by atoms with Crippen molar-refractivity contribution in [1.29, 1.82) is 0 Å². The molecule has 0 bridgehead atoms. The van der Waals surface area contributed by atoms with Crippen molar-refractivity contribution in [2.24, 2.45) is 0 Å². The van der Waals surface area contributed by atoms with Crippen LogP contribution in [0.4, 0.5) is 0 Å². The minimum atomic E-state index is -0.751. The topological polar surface area (TPSA) is 57.7 Å². The van der Waals surface area contributed by atoms with Crippen LogP contribution in [0.25, 0.3) is 0 Å². The van der Waals surface area contributed by atoms with Crippen LogP contribution in [-0.2, 0) is 15.3 Å². The van der Waals surface area contributed by atoms with E-state index in [0.717, 1.165) is 5.75 Å². The molecule has 2 atom stereocenters. The fourth-order valence-corrected chi connectivity index (χ4v) is 3.71. The zero-order valence-corrected chi connectivity index (χ0v) is 19.3. The van der Waals surface area contributed by atoms with Crippen LogP contribution in [0.3, 0.4) is 0 Å². The number of rotatable bonds is 9. The van der Waals surface area contributed by atoms with E-state index >= 15 is 0 Å². The molecule has 0 spiro atoms. The van der Waals surface area contributed by atoms with Crippen molar-refractivity contribution in [2.75, 3.05) is 0 Å². The Hall–Kier alpha value is -2.41. The zero-order valence-electron chi connectivity index (χ0n) is 17.0. The van der Waals surface area contributed by atoms with E-state index in [1.54, 1.807) is 49.0 Å². The highest BCUT2D eigenvalue weighted by Crippen LogP contribution is 2.30. The first kappa shape index (κ1) is 23.3. The molecule has 2 aromatic carbocycles. The number of nitrogens with zero attached hydrogens (tertiary/aromatic N) is 1. The molecule has 8 heteroatoms. The van der Waals surface area contributed by atoms with Gasteiger partial charge < -0.3 is 14.2 Å². The van der Waals surface area contributed by atoms with Crippen LogP contribution in [0.2, 0.25) is 10.0 Å². The largest absolute Gasteiger partial charge is 0.479 e. The summed E-state index contributed by atoms with van der Waals surface area (Å²) in [5.41, 5.74) is 0.892. The van der Waals surface area contributed by atoms with Crippen molar-refractivity contribution in [1.82, 2.24) is 4.98 Å². The molecule has 2 unspecified atom stereocenters. The van der Waals surface area contributed by atoms with E-state index in [1.807, 2.05) is 37.3 Å². The molecule has 0 saturated carbocycles. The smallest absolute Gasteiger partial charge is 0.348 e. The van der Waals surface area contributed by atoms with E-state index in [0.29, 0.717) is 21.5 Å². The van der Waals surface area contributed by atoms with Crippen LogP contribution < -0.4 is 9.47 Å². The molecule has 0 aliphatic carbocycles. The number of hydrogen-bond donors (Lipinski definition) is 0. The Bertz CT molecular complexity index is 1000. The van der Waals surface area contributed by atoms with E-state index in [-0.39, 0.29) is 11.3 Å². The molecule has 0 N–H and O–H groups in total. The quantitative estimate of drug-likeness (QED) is 0.250. The van der Waals surface area contributed by atoms with Gasteiger partial charge in [0.2, 0.25) is 5.88 Å². The summed E-state index contributed by atoms with van der Waals surface area (Å²) < 4.78 is 16.8. The lowest BCUT2D eigenvalue weighted by Gasteiger charge is -2.18.